The average Bonchev–Trinajstić information content (AvgIpc) is 3.15. The molecule has 142 valence electrons. The SMILES string of the molecule is O=C(Cc1ccc[nH]1)NNC(=O)[C@@H]1CCC2CN1C(=O)N2OS(=O)(=O)O. The number of hydroxylamine groups is 2. The van der Waals surface area contributed by atoms with Crippen molar-refractivity contribution in [2.45, 2.75) is 31.3 Å². The van der Waals surface area contributed by atoms with Gasteiger partial charge < -0.3 is 9.88 Å². The summed E-state index contributed by atoms with van der Waals surface area (Å²) in [6.45, 7) is 0.0723. The molecule has 1 aromatic rings. The molecular weight excluding hydrogens is 370 g/mol. The predicted octanol–water partition coefficient (Wildman–Crippen LogP) is -1.29. The summed E-state index contributed by atoms with van der Waals surface area (Å²) in [5.41, 5.74) is 5.19. The summed E-state index contributed by atoms with van der Waals surface area (Å²) in [4.78, 5) is 40.3. The van der Waals surface area contributed by atoms with Gasteiger partial charge in [-0.15, -0.1) is 4.28 Å². The Morgan fingerprint density at radius 2 is 2.12 bits per heavy atom. The van der Waals surface area contributed by atoms with E-state index in [0.29, 0.717) is 17.2 Å². The van der Waals surface area contributed by atoms with Gasteiger partial charge in [0, 0.05) is 18.4 Å². The van der Waals surface area contributed by atoms with Crippen molar-refractivity contribution in [3.63, 3.8) is 0 Å². The summed E-state index contributed by atoms with van der Waals surface area (Å²) < 4.78 is 34.7. The highest BCUT2D eigenvalue weighted by molar-refractivity contribution is 7.80. The molecule has 2 atom stereocenters. The molecule has 2 fully saturated rings. The van der Waals surface area contributed by atoms with Crippen LogP contribution in [-0.2, 0) is 30.7 Å². The van der Waals surface area contributed by atoms with Crippen LogP contribution in [0.1, 0.15) is 18.5 Å². The van der Waals surface area contributed by atoms with E-state index >= 15 is 0 Å². The van der Waals surface area contributed by atoms with Crippen molar-refractivity contribution in [2.75, 3.05) is 6.54 Å². The van der Waals surface area contributed by atoms with Crippen LogP contribution < -0.4 is 10.9 Å². The van der Waals surface area contributed by atoms with Gasteiger partial charge in [0.1, 0.15) is 6.04 Å². The second-order valence-electron chi connectivity index (χ2n) is 5.92. The number of H-pyrrole nitrogens is 1. The molecule has 0 aliphatic carbocycles. The number of carbonyl (C=O) groups is 3. The van der Waals surface area contributed by atoms with Crippen molar-refractivity contribution in [3.8, 4) is 0 Å². The molecule has 13 heteroatoms. The summed E-state index contributed by atoms with van der Waals surface area (Å²) in [5, 5.41) is 0.548. The standard InChI is InChI=1S/C13H17N5O7S/c19-11(6-8-2-1-5-14-8)15-16-12(20)10-4-3-9-7-17(10)13(21)18(9)25-26(22,23)24/h1-2,5,9-10,14H,3-4,6-7H2,(H,15,19)(H,16,20)(H,22,23,24)/t9?,10-/m0/s1. The van der Waals surface area contributed by atoms with Crippen molar-refractivity contribution >= 4 is 28.2 Å². The number of nitrogens with zero attached hydrogens (tertiary/aromatic N) is 2. The summed E-state index contributed by atoms with van der Waals surface area (Å²) in [6, 6.07) is 1.13. The number of fused-ring (bicyclic) bond motifs is 2. The highest BCUT2D eigenvalue weighted by atomic mass is 32.3. The molecule has 1 unspecified atom stereocenters. The van der Waals surface area contributed by atoms with Gasteiger partial charge in [-0.25, -0.2) is 4.79 Å². The van der Waals surface area contributed by atoms with Gasteiger partial charge in [0.2, 0.25) is 5.91 Å². The van der Waals surface area contributed by atoms with E-state index in [9.17, 15) is 22.8 Å². The van der Waals surface area contributed by atoms with Crippen LogP contribution in [0.15, 0.2) is 18.3 Å². The van der Waals surface area contributed by atoms with Gasteiger partial charge >= 0.3 is 16.4 Å². The molecule has 2 aliphatic heterocycles. The van der Waals surface area contributed by atoms with Gasteiger partial charge in [-0.2, -0.15) is 13.5 Å². The monoisotopic (exact) mass is 387 g/mol. The third-order valence-corrected chi connectivity index (χ3v) is 4.49. The largest absolute Gasteiger partial charge is 0.418 e. The second kappa shape index (κ2) is 6.93. The quantitative estimate of drug-likeness (QED) is 0.361. The van der Waals surface area contributed by atoms with Gasteiger partial charge in [-0.05, 0) is 25.0 Å². The first kappa shape index (κ1) is 18.2. The maximum atomic E-state index is 12.3. The van der Waals surface area contributed by atoms with Gasteiger partial charge in [-0.3, -0.25) is 25.0 Å². The molecule has 2 aliphatic rings. The Morgan fingerprint density at radius 1 is 1.35 bits per heavy atom. The molecule has 0 aromatic carbocycles. The Morgan fingerprint density at radius 3 is 2.77 bits per heavy atom. The Bertz CT molecular complexity index is 809. The first-order valence-electron chi connectivity index (χ1n) is 7.72. The normalized spacial score (nSPS) is 22.4. The molecule has 3 rings (SSSR count). The number of hydrogen-bond acceptors (Lipinski definition) is 6. The number of urea groups is 1. The zero-order valence-electron chi connectivity index (χ0n) is 13.4. The van der Waals surface area contributed by atoms with Crippen LogP contribution in [0, 0.1) is 0 Å². The van der Waals surface area contributed by atoms with E-state index in [1.54, 1.807) is 18.3 Å². The lowest BCUT2D eigenvalue weighted by molar-refractivity contribution is -0.131. The number of hydrazine groups is 1. The molecule has 2 bridgehead atoms. The van der Waals surface area contributed by atoms with E-state index in [1.165, 1.54) is 0 Å². The number of amides is 4. The van der Waals surface area contributed by atoms with Crippen molar-refractivity contribution in [3.05, 3.63) is 24.0 Å². The molecule has 4 N–H and O–H groups in total. The third-order valence-electron chi connectivity index (χ3n) is 4.14. The molecular formula is C13H17N5O7S. The molecule has 12 nitrogen and oxygen atoms in total. The van der Waals surface area contributed by atoms with E-state index in [1.807, 2.05) is 0 Å². The lowest BCUT2D eigenvalue weighted by Gasteiger charge is -2.29. The van der Waals surface area contributed by atoms with E-state index < -0.39 is 40.3 Å². The topological polar surface area (TPSA) is 161 Å². The number of rotatable bonds is 5. The number of nitrogens with one attached hydrogen (secondary N) is 3. The van der Waals surface area contributed by atoms with Crippen LogP contribution in [0.25, 0.3) is 0 Å². The number of aromatic nitrogens is 1. The van der Waals surface area contributed by atoms with E-state index in [2.05, 4.69) is 20.1 Å². The minimum Gasteiger partial charge on any atom is -0.365 e. The molecule has 0 spiro atoms. The fraction of sp³-hybridized carbons (Fsp3) is 0.462. The summed E-state index contributed by atoms with van der Waals surface area (Å²) in [7, 11) is -4.85. The molecule has 1 aromatic heterocycles. The molecule has 0 radical (unpaired) electrons. The number of hydrogen-bond donors (Lipinski definition) is 4. The maximum Gasteiger partial charge on any atom is 0.418 e. The van der Waals surface area contributed by atoms with Gasteiger partial charge in [0.25, 0.3) is 5.91 Å². The minimum absolute atomic E-state index is 0.0403. The van der Waals surface area contributed by atoms with Crippen molar-refractivity contribution < 1.29 is 31.6 Å². The Kier molecular flexibility index (Phi) is 4.84. The van der Waals surface area contributed by atoms with Crippen LogP contribution >= 0.6 is 0 Å². The van der Waals surface area contributed by atoms with E-state index in [4.69, 9.17) is 4.55 Å². The van der Waals surface area contributed by atoms with Crippen LogP contribution in [0.3, 0.4) is 0 Å². The van der Waals surface area contributed by atoms with Crippen LogP contribution in [0.4, 0.5) is 4.79 Å². The Hall–Kier alpha value is -2.64. The highest BCUT2D eigenvalue weighted by Gasteiger charge is 2.49. The van der Waals surface area contributed by atoms with Crippen molar-refractivity contribution in [2.24, 2.45) is 0 Å². The number of carbonyl (C=O) groups excluding carboxylic acids is 3. The minimum atomic E-state index is -4.85. The second-order valence-corrected chi connectivity index (χ2v) is 6.92. The predicted molar refractivity (Wildman–Crippen MR) is 84.2 cm³/mol. The lowest BCUT2D eigenvalue weighted by Crippen LogP contribution is -2.54. The molecule has 26 heavy (non-hydrogen) atoms. The van der Waals surface area contributed by atoms with Gasteiger partial charge in [-0.1, -0.05) is 0 Å². The molecule has 3 heterocycles. The number of aromatic amines is 1. The van der Waals surface area contributed by atoms with Crippen LogP contribution in [0.2, 0.25) is 0 Å². The Balaban J connectivity index is 1.56. The Labute approximate surface area is 148 Å². The van der Waals surface area contributed by atoms with Crippen molar-refractivity contribution in [1.29, 1.82) is 0 Å². The fourth-order valence-corrected chi connectivity index (χ4v) is 3.40. The van der Waals surface area contributed by atoms with Gasteiger partial charge in [0.05, 0.1) is 12.5 Å². The number of piperidine rings is 1. The third kappa shape index (κ3) is 3.95. The van der Waals surface area contributed by atoms with E-state index in [-0.39, 0.29) is 19.4 Å². The zero-order chi connectivity index (χ0) is 18.9. The smallest absolute Gasteiger partial charge is 0.365 e. The fourth-order valence-electron chi connectivity index (χ4n) is 3.01. The summed E-state index contributed by atoms with van der Waals surface area (Å²) in [6.07, 6.45) is 2.25. The molecule has 4 amide bonds. The van der Waals surface area contributed by atoms with Crippen molar-refractivity contribution in [1.82, 2.24) is 25.8 Å². The van der Waals surface area contributed by atoms with Crippen LogP contribution in [-0.4, -0.2) is 64.4 Å². The average molecular weight is 387 g/mol. The zero-order valence-corrected chi connectivity index (χ0v) is 14.2. The molecule has 0 saturated carbocycles. The van der Waals surface area contributed by atoms with Crippen LogP contribution in [0.5, 0.6) is 0 Å². The van der Waals surface area contributed by atoms with E-state index in [0.717, 1.165) is 4.90 Å². The first-order valence-corrected chi connectivity index (χ1v) is 9.09. The first-order chi connectivity index (χ1) is 12.2. The highest BCUT2D eigenvalue weighted by Crippen LogP contribution is 2.30. The summed E-state index contributed by atoms with van der Waals surface area (Å²) in [5.74, 6) is -1.05. The lowest BCUT2D eigenvalue weighted by atomic mass is 10.0. The molecule has 2 saturated heterocycles. The summed E-state index contributed by atoms with van der Waals surface area (Å²) >= 11 is 0. The van der Waals surface area contributed by atoms with Gasteiger partial charge in [0.15, 0.2) is 0 Å². The maximum absolute atomic E-state index is 12.3.